The first-order chi connectivity index (χ1) is 8.22. The minimum Gasteiger partial charge on any atom is -0.467 e. The molecule has 1 heterocycles. The maximum atomic E-state index is 5.60. The van der Waals surface area contributed by atoms with Crippen LogP contribution in [0.3, 0.4) is 0 Å². The summed E-state index contributed by atoms with van der Waals surface area (Å²) in [4.78, 5) is 0. The monoisotopic (exact) mass is 237 g/mol. The predicted octanol–water partition coefficient (Wildman–Crippen LogP) is 4.46. The summed E-state index contributed by atoms with van der Waals surface area (Å²) in [5.74, 6) is 1.92. The van der Waals surface area contributed by atoms with Crippen molar-refractivity contribution < 1.29 is 4.42 Å². The van der Waals surface area contributed by atoms with E-state index in [1.807, 2.05) is 13.1 Å². The molecule has 1 N–H and O–H groups in total. The first-order valence-electron chi connectivity index (χ1n) is 6.94. The van der Waals surface area contributed by atoms with Crippen LogP contribution in [0.2, 0.25) is 0 Å². The second kappa shape index (κ2) is 7.54. The molecule has 0 saturated heterocycles. The van der Waals surface area contributed by atoms with Crippen molar-refractivity contribution in [2.45, 2.75) is 58.9 Å². The highest BCUT2D eigenvalue weighted by Gasteiger charge is 2.19. The molecule has 2 unspecified atom stereocenters. The Kier molecular flexibility index (Phi) is 6.35. The van der Waals surface area contributed by atoms with Gasteiger partial charge in [-0.05, 0) is 37.9 Å². The molecule has 0 aliphatic carbocycles. The summed E-state index contributed by atoms with van der Waals surface area (Å²) < 4.78 is 5.60. The molecule has 2 atom stereocenters. The molecule has 17 heavy (non-hydrogen) atoms. The van der Waals surface area contributed by atoms with Gasteiger partial charge in [-0.25, -0.2) is 0 Å². The van der Waals surface area contributed by atoms with Crippen LogP contribution in [-0.4, -0.2) is 7.05 Å². The molecule has 1 aromatic rings. The van der Waals surface area contributed by atoms with Gasteiger partial charge >= 0.3 is 0 Å². The van der Waals surface area contributed by atoms with Crippen LogP contribution in [-0.2, 0) is 0 Å². The van der Waals surface area contributed by atoms with Gasteiger partial charge in [-0.2, -0.15) is 0 Å². The van der Waals surface area contributed by atoms with Crippen LogP contribution in [0.5, 0.6) is 0 Å². The van der Waals surface area contributed by atoms with Crippen molar-refractivity contribution in [3.8, 4) is 0 Å². The van der Waals surface area contributed by atoms with Crippen molar-refractivity contribution in [1.82, 2.24) is 5.32 Å². The molecule has 0 aliphatic heterocycles. The van der Waals surface area contributed by atoms with E-state index in [-0.39, 0.29) is 0 Å². The van der Waals surface area contributed by atoms with Crippen LogP contribution in [0.15, 0.2) is 16.7 Å². The molecular formula is C15H27NO. The van der Waals surface area contributed by atoms with Gasteiger partial charge in [0.15, 0.2) is 0 Å². The van der Waals surface area contributed by atoms with Crippen LogP contribution in [0.4, 0.5) is 0 Å². The lowest BCUT2D eigenvalue weighted by Gasteiger charge is -2.21. The highest BCUT2D eigenvalue weighted by molar-refractivity contribution is 5.18. The van der Waals surface area contributed by atoms with Crippen molar-refractivity contribution in [3.05, 3.63) is 23.7 Å². The average Bonchev–Trinajstić information content (AvgIpc) is 2.76. The summed E-state index contributed by atoms with van der Waals surface area (Å²) in [6, 6.07) is 2.42. The molecule has 0 aromatic carbocycles. The second-order valence-corrected chi connectivity index (χ2v) is 4.96. The molecular weight excluding hydrogens is 210 g/mol. The van der Waals surface area contributed by atoms with Crippen LogP contribution in [0.1, 0.15) is 63.3 Å². The van der Waals surface area contributed by atoms with Gasteiger partial charge in [0.1, 0.15) is 5.76 Å². The summed E-state index contributed by atoms with van der Waals surface area (Å²) in [6.07, 6.45) is 8.21. The van der Waals surface area contributed by atoms with Crippen molar-refractivity contribution in [1.29, 1.82) is 0 Å². The normalized spacial score (nSPS) is 14.8. The molecule has 0 spiro atoms. The van der Waals surface area contributed by atoms with Gasteiger partial charge in [0.2, 0.25) is 0 Å². The third-order valence-corrected chi connectivity index (χ3v) is 3.68. The van der Waals surface area contributed by atoms with Gasteiger partial charge in [-0.1, -0.05) is 39.5 Å². The van der Waals surface area contributed by atoms with Gasteiger partial charge < -0.3 is 9.73 Å². The third-order valence-electron chi connectivity index (χ3n) is 3.68. The van der Waals surface area contributed by atoms with Gasteiger partial charge in [-0.3, -0.25) is 0 Å². The van der Waals surface area contributed by atoms with Crippen LogP contribution in [0, 0.1) is 12.8 Å². The zero-order valence-corrected chi connectivity index (χ0v) is 11.8. The maximum Gasteiger partial charge on any atom is 0.123 e. The number of hydrogen-bond donors (Lipinski definition) is 1. The van der Waals surface area contributed by atoms with E-state index < -0.39 is 0 Å². The lowest BCUT2D eigenvalue weighted by Crippen LogP contribution is -2.20. The molecule has 0 radical (unpaired) electrons. The maximum absolute atomic E-state index is 5.60. The Hall–Kier alpha value is -0.760. The van der Waals surface area contributed by atoms with E-state index in [2.05, 4.69) is 26.1 Å². The van der Waals surface area contributed by atoms with Crippen molar-refractivity contribution in [2.75, 3.05) is 7.05 Å². The van der Waals surface area contributed by atoms with E-state index in [0.29, 0.717) is 6.04 Å². The summed E-state index contributed by atoms with van der Waals surface area (Å²) in [5.41, 5.74) is 1.26. The standard InChI is InChI=1S/C15H27NO/c1-5-7-8-13(6-2)11-14(16-4)15-12(3)9-10-17-15/h9-10,13-14,16H,5-8,11H2,1-4H3. The summed E-state index contributed by atoms with van der Waals surface area (Å²) in [7, 11) is 2.03. The zero-order valence-electron chi connectivity index (χ0n) is 11.8. The van der Waals surface area contributed by atoms with Crippen LogP contribution >= 0.6 is 0 Å². The number of rotatable bonds is 8. The number of unbranched alkanes of at least 4 members (excludes halogenated alkanes) is 1. The van der Waals surface area contributed by atoms with Crippen LogP contribution in [0.25, 0.3) is 0 Å². The minimum absolute atomic E-state index is 0.367. The molecule has 2 nitrogen and oxygen atoms in total. The average molecular weight is 237 g/mol. The number of hydrogen-bond acceptors (Lipinski definition) is 2. The fourth-order valence-electron chi connectivity index (χ4n) is 2.41. The topological polar surface area (TPSA) is 25.2 Å². The Balaban J connectivity index is 2.59. The van der Waals surface area contributed by atoms with E-state index >= 15 is 0 Å². The Morgan fingerprint density at radius 3 is 2.59 bits per heavy atom. The second-order valence-electron chi connectivity index (χ2n) is 4.96. The SMILES string of the molecule is CCCCC(CC)CC(NC)c1occc1C. The lowest BCUT2D eigenvalue weighted by atomic mass is 9.90. The van der Waals surface area contributed by atoms with Crippen molar-refractivity contribution >= 4 is 0 Å². The smallest absolute Gasteiger partial charge is 0.123 e. The van der Waals surface area contributed by atoms with E-state index in [4.69, 9.17) is 4.42 Å². The Morgan fingerprint density at radius 2 is 2.12 bits per heavy atom. The van der Waals surface area contributed by atoms with E-state index in [0.717, 1.165) is 11.7 Å². The largest absolute Gasteiger partial charge is 0.467 e. The molecule has 2 heteroatoms. The minimum atomic E-state index is 0.367. The summed E-state index contributed by atoms with van der Waals surface area (Å²) in [5, 5.41) is 3.39. The van der Waals surface area contributed by atoms with Crippen LogP contribution < -0.4 is 5.32 Å². The fourth-order valence-corrected chi connectivity index (χ4v) is 2.41. The predicted molar refractivity (Wildman–Crippen MR) is 73.2 cm³/mol. The summed E-state index contributed by atoms with van der Waals surface area (Å²) >= 11 is 0. The number of furan rings is 1. The van der Waals surface area contributed by atoms with Crippen molar-refractivity contribution in [2.24, 2.45) is 5.92 Å². The molecule has 0 amide bonds. The molecule has 0 saturated carbocycles. The summed E-state index contributed by atoms with van der Waals surface area (Å²) in [6.45, 7) is 6.68. The Labute approximate surface area is 106 Å². The van der Waals surface area contributed by atoms with Crippen molar-refractivity contribution in [3.63, 3.8) is 0 Å². The molecule has 0 bridgehead atoms. The molecule has 1 rings (SSSR count). The quantitative estimate of drug-likeness (QED) is 0.722. The number of aryl methyl sites for hydroxylation is 1. The molecule has 98 valence electrons. The molecule has 0 fully saturated rings. The highest BCUT2D eigenvalue weighted by atomic mass is 16.3. The van der Waals surface area contributed by atoms with Gasteiger partial charge in [0.25, 0.3) is 0 Å². The van der Waals surface area contributed by atoms with Gasteiger partial charge in [-0.15, -0.1) is 0 Å². The highest BCUT2D eigenvalue weighted by Crippen LogP contribution is 2.28. The number of nitrogens with one attached hydrogen (secondary N) is 1. The first-order valence-corrected chi connectivity index (χ1v) is 6.94. The van der Waals surface area contributed by atoms with E-state index in [9.17, 15) is 0 Å². The third kappa shape index (κ3) is 4.19. The fraction of sp³-hybridized carbons (Fsp3) is 0.733. The zero-order chi connectivity index (χ0) is 12.7. The molecule has 1 aromatic heterocycles. The lowest BCUT2D eigenvalue weighted by molar-refractivity contribution is 0.328. The van der Waals surface area contributed by atoms with E-state index in [1.54, 1.807) is 6.26 Å². The Bertz CT molecular complexity index is 306. The molecule has 0 aliphatic rings. The first kappa shape index (κ1) is 14.3. The van der Waals surface area contributed by atoms with Gasteiger partial charge in [0, 0.05) is 0 Å². The Morgan fingerprint density at radius 1 is 1.35 bits per heavy atom. The van der Waals surface area contributed by atoms with Gasteiger partial charge in [0.05, 0.1) is 12.3 Å². The van der Waals surface area contributed by atoms with E-state index in [1.165, 1.54) is 37.7 Å².